The molecule has 3 N–H and O–H groups in total. The van der Waals surface area contributed by atoms with Gasteiger partial charge in [0.1, 0.15) is 0 Å². The molecule has 3 heteroatoms. The fourth-order valence-electron chi connectivity index (χ4n) is 2.41. The van der Waals surface area contributed by atoms with Crippen LogP contribution in [0, 0.1) is 0 Å². The van der Waals surface area contributed by atoms with Crippen LogP contribution in [0.3, 0.4) is 0 Å². The van der Waals surface area contributed by atoms with E-state index in [1.54, 1.807) is 0 Å². The quantitative estimate of drug-likeness (QED) is 0.894. The Morgan fingerprint density at radius 2 is 1.50 bits per heavy atom. The molecule has 2 aromatic rings. The van der Waals surface area contributed by atoms with E-state index in [2.05, 4.69) is 32.9 Å². The molecule has 0 saturated heterocycles. The fourth-order valence-corrected chi connectivity index (χ4v) is 2.41. The Balaban J connectivity index is 0.00000242. The molecule has 22 heavy (non-hydrogen) atoms. The van der Waals surface area contributed by atoms with Crippen LogP contribution in [-0.4, -0.2) is 11.2 Å². The highest BCUT2D eigenvalue weighted by atomic mass is 35.5. The normalized spacial score (nSPS) is 14.0. The van der Waals surface area contributed by atoms with E-state index in [4.69, 9.17) is 5.73 Å². The van der Waals surface area contributed by atoms with E-state index in [-0.39, 0.29) is 23.9 Å². The lowest BCUT2D eigenvalue weighted by molar-refractivity contribution is 0.145. The maximum Gasteiger partial charge on any atom is 0.0773 e. The number of aliphatic hydroxyl groups is 1. The van der Waals surface area contributed by atoms with Crippen molar-refractivity contribution in [2.24, 2.45) is 5.73 Å². The summed E-state index contributed by atoms with van der Waals surface area (Å²) in [5, 5.41) is 10.3. The Kier molecular flexibility index (Phi) is 6.61. The van der Waals surface area contributed by atoms with Crippen LogP contribution in [0.4, 0.5) is 0 Å². The van der Waals surface area contributed by atoms with Crippen LogP contribution in [0.15, 0.2) is 54.6 Å². The molecule has 120 valence electrons. The van der Waals surface area contributed by atoms with Gasteiger partial charge < -0.3 is 10.8 Å². The summed E-state index contributed by atoms with van der Waals surface area (Å²) in [6, 6.07) is 17.8. The summed E-state index contributed by atoms with van der Waals surface area (Å²) in [7, 11) is 0. The van der Waals surface area contributed by atoms with Gasteiger partial charge in [-0.2, -0.15) is 0 Å². The van der Waals surface area contributed by atoms with Crippen LogP contribution in [0.5, 0.6) is 0 Å². The van der Waals surface area contributed by atoms with Crippen molar-refractivity contribution in [2.75, 3.05) is 0 Å². The molecule has 0 aliphatic heterocycles. The van der Waals surface area contributed by atoms with E-state index in [9.17, 15) is 5.11 Å². The number of halogens is 1. The van der Waals surface area contributed by atoms with Crippen molar-refractivity contribution in [3.8, 4) is 0 Å². The first-order chi connectivity index (χ1) is 9.88. The van der Waals surface area contributed by atoms with Gasteiger partial charge in [-0.15, -0.1) is 12.4 Å². The van der Waals surface area contributed by atoms with Gasteiger partial charge >= 0.3 is 0 Å². The zero-order valence-electron chi connectivity index (χ0n) is 13.5. The summed E-state index contributed by atoms with van der Waals surface area (Å²) in [6.07, 6.45) is -0.00358. The molecule has 2 atom stereocenters. The Bertz CT molecular complexity index is 560. The van der Waals surface area contributed by atoms with Crippen LogP contribution < -0.4 is 5.73 Å². The van der Waals surface area contributed by atoms with E-state index >= 15 is 0 Å². The molecule has 2 aromatic carbocycles. The summed E-state index contributed by atoms with van der Waals surface area (Å²) < 4.78 is 0. The Morgan fingerprint density at radius 1 is 0.955 bits per heavy atom. The van der Waals surface area contributed by atoms with Gasteiger partial charge in [-0.3, -0.25) is 0 Å². The summed E-state index contributed by atoms with van der Waals surface area (Å²) >= 11 is 0. The summed E-state index contributed by atoms with van der Waals surface area (Å²) in [6.45, 7) is 6.56. The number of rotatable bonds is 4. The highest BCUT2D eigenvalue weighted by Gasteiger charge is 2.19. The molecule has 2 nitrogen and oxygen atoms in total. The van der Waals surface area contributed by atoms with Gasteiger partial charge in [0.15, 0.2) is 0 Å². The first-order valence-corrected chi connectivity index (χ1v) is 7.46. The van der Waals surface area contributed by atoms with E-state index < -0.39 is 6.10 Å². The molecule has 0 fully saturated rings. The van der Waals surface area contributed by atoms with E-state index in [1.807, 2.05) is 42.5 Å². The Morgan fingerprint density at radius 3 is 2.00 bits per heavy atom. The summed E-state index contributed by atoms with van der Waals surface area (Å²) in [4.78, 5) is 0. The van der Waals surface area contributed by atoms with Crippen LogP contribution in [0.1, 0.15) is 43.5 Å². The van der Waals surface area contributed by atoms with E-state index in [1.165, 1.54) is 5.56 Å². The maximum atomic E-state index is 10.3. The predicted molar refractivity (Wildman–Crippen MR) is 95.5 cm³/mol. The number of hydrogen-bond acceptors (Lipinski definition) is 2. The van der Waals surface area contributed by atoms with Crippen molar-refractivity contribution >= 4 is 12.4 Å². The summed E-state index contributed by atoms with van der Waals surface area (Å²) in [5.41, 5.74) is 9.68. The molecule has 0 heterocycles. The van der Waals surface area contributed by atoms with Gasteiger partial charge in [-0.05, 0) is 22.1 Å². The minimum absolute atomic E-state index is 0. The van der Waals surface area contributed by atoms with Gasteiger partial charge in [-0.1, -0.05) is 75.4 Å². The third kappa shape index (κ3) is 4.84. The van der Waals surface area contributed by atoms with Crippen molar-refractivity contribution in [1.29, 1.82) is 0 Å². The number of hydrogen-bond donors (Lipinski definition) is 2. The van der Waals surface area contributed by atoms with Crippen LogP contribution in [0.25, 0.3) is 0 Å². The Hall–Kier alpha value is -1.35. The van der Waals surface area contributed by atoms with Gasteiger partial charge in [-0.25, -0.2) is 0 Å². The van der Waals surface area contributed by atoms with E-state index in [0.29, 0.717) is 6.42 Å². The van der Waals surface area contributed by atoms with E-state index in [0.717, 1.165) is 11.1 Å². The van der Waals surface area contributed by atoms with Gasteiger partial charge in [0.25, 0.3) is 0 Å². The molecule has 0 saturated carbocycles. The van der Waals surface area contributed by atoms with Crippen molar-refractivity contribution < 1.29 is 5.11 Å². The van der Waals surface area contributed by atoms with Crippen LogP contribution in [0.2, 0.25) is 0 Å². The molecule has 0 unspecified atom stereocenters. The van der Waals surface area contributed by atoms with Gasteiger partial charge in [0.05, 0.1) is 12.1 Å². The summed E-state index contributed by atoms with van der Waals surface area (Å²) in [5.74, 6) is 0. The molecule has 0 amide bonds. The van der Waals surface area contributed by atoms with Crippen molar-refractivity contribution in [1.82, 2.24) is 0 Å². The molecule has 0 bridgehead atoms. The minimum Gasteiger partial charge on any atom is -0.391 e. The first-order valence-electron chi connectivity index (χ1n) is 7.46. The lowest BCUT2D eigenvalue weighted by atomic mass is 9.86. The first kappa shape index (κ1) is 18.7. The third-order valence-electron chi connectivity index (χ3n) is 3.86. The highest BCUT2D eigenvalue weighted by molar-refractivity contribution is 5.85. The van der Waals surface area contributed by atoms with Crippen LogP contribution >= 0.6 is 12.4 Å². The molecule has 0 spiro atoms. The zero-order chi connectivity index (χ0) is 15.5. The SMILES string of the molecule is CC(C)(C)c1ccc([C@@H](N)[C@@H](O)Cc2ccccc2)cc1.Cl. The van der Waals surface area contributed by atoms with Crippen molar-refractivity contribution in [3.63, 3.8) is 0 Å². The predicted octanol–water partition coefficient (Wildman–Crippen LogP) is 4.01. The lowest BCUT2D eigenvalue weighted by Crippen LogP contribution is -2.28. The molecule has 0 aliphatic carbocycles. The third-order valence-corrected chi connectivity index (χ3v) is 3.86. The van der Waals surface area contributed by atoms with Gasteiger partial charge in [0.2, 0.25) is 0 Å². The number of benzene rings is 2. The molecular formula is C19H26ClNO. The standard InChI is InChI=1S/C19H25NO.ClH/c1-19(2,3)16-11-9-15(10-12-16)18(20)17(21)13-14-7-5-4-6-8-14;/h4-12,17-18,21H,13,20H2,1-3H3;1H/t17-,18+;/m0./s1. The molecule has 2 rings (SSSR count). The molecule has 0 radical (unpaired) electrons. The average molecular weight is 320 g/mol. The lowest BCUT2D eigenvalue weighted by Gasteiger charge is -2.22. The average Bonchev–Trinajstić information content (AvgIpc) is 2.46. The molecular weight excluding hydrogens is 294 g/mol. The van der Waals surface area contributed by atoms with Crippen LogP contribution in [-0.2, 0) is 11.8 Å². The molecule has 0 aliphatic rings. The topological polar surface area (TPSA) is 46.2 Å². The van der Waals surface area contributed by atoms with Crippen molar-refractivity contribution in [2.45, 2.75) is 44.8 Å². The Labute approximate surface area is 139 Å². The second-order valence-corrected chi connectivity index (χ2v) is 6.65. The van der Waals surface area contributed by atoms with Gasteiger partial charge in [0, 0.05) is 6.42 Å². The number of aliphatic hydroxyl groups excluding tert-OH is 1. The maximum absolute atomic E-state index is 10.3. The molecule has 0 aromatic heterocycles. The highest BCUT2D eigenvalue weighted by Crippen LogP contribution is 2.24. The second-order valence-electron chi connectivity index (χ2n) is 6.65. The van der Waals surface area contributed by atoms with Crippen molar-refractivity contribution in [3.05, 3.63) is 71.3 Å². The second kappa shape index (κ2) is 7.77. The number of nitrogens with two attached hydrogens (primary N) is 1. The monoisotopic (exact) mass is 319 g/mol. The fraction of sp³-hybridized carbons (Fsp3) is 0.368. The smallest absolute Gasteiger partial charge is 0.0773 e. The largest absolute Gasteiger partial charge is 0.391 e. The minimum atomic E-state index is -0.576. The zero-order valence-corrected chi connectivity index (χ0v) is 14.3.